The van der Waals surface area contributed by atoms with Crippen molar-refractivity contribution in [2.45, 2.75) is 13.5 Å². The molecule has 1 aliphatic heterocycles. The van der Waals surface area contributed by atoms with Crippen molar-refractivity contribution < 1.29 is 19.0 Å². The molecule has 1 aliphatic rings. The molecule has 5 rings (SSSR count). The van der Waals surface area contributed by atoms with Crippen LogP contribution in [-0.2, 0) is 6.54 Å². The molecule has 0 aliphatic carbocycles. The lowest BCUT2D eigenvalue weighted by molar-refractivity contribution is 0.0955. The molecule has 7 nitrogen and oxygen atoms in total. The predicted molar refractivity (Wildman–Crippen MR) is 116 cm³/mol. The highest BCUT2D eigenvalue weighted by Gasteiger charge is 2.19. The summed E-state index contributed by atoms with van der Waals surface area (Å²) in [6.45, 7) is 3.11. The Morgan fingerprint density at radius 2 is 2.07 bits per heavy atom. The van der Waals surface area contributed by atoms with Crippen molar-refractivity contribution in [3.63, 3.8) is 0 Å². The van der Waals surface area contributed by atoms with E-state index >= 15 is 0 Å². The number of amides is 1. The van der Waals surface area contributed by atoms with E-state index in [4.69, 9.17) is 19.9 Å². The van der Waals surface area contributed by atoms with Gasteiger partial charge in [0.05, 0.1) is 17.8 Å². The quantitative estimate of drug-likeness (QED) is 0.504. The van der Waals surface area contributed by atoms with Crippen LogP contribution in [0.5, 0.6) is 17.2 Å². The molecule has 0 spiro atoms. The molecule has 3 heterocycles. The van der Waals surface area contributed by atoms with Crippen LogP contribution in [0.15, 0.2) is 42.5 Å². The number of rotatable bonds is 5. The average molecular weight is 421 g/mol. The van der Waals surface area contributed by atoms with Crippen LogP contribution in [-0.4, -0.2) is 24.3 Å². The number of carbonyl (C=O) groups is 1. The number of hydrogen-bond donors (Lipinski definition) is 2. The lowest BCUT2D eigenvalue weighted by atomic mass is 10.1. The van der Waals surface area contributed by atoms with Gasteiger partial charge in [0.25, 0.3) is 5.91 Å². The van der Waals surface area contributed by atoms with Crippen molar-refractivity contribution in [3.8, 4) is 17.2 Å². The Balaban J connectivity index is 1.41. The number of hydrogen-bond acceptors (Lipinski definition) is 7. The van der Waals surface area contributed by atoms with E-state index in [0.717, 1.165) is 32.4 Å². The fourth-order valence-electron chi connectivity index (χ4n) is 3.42. The van der Waals surface area contributed by atoms with Crippen molar-refractivity contribution in [1.82, 2.24) is 10.3 Å². The second-order valence-electron chi connectivity index (χ2n) is 6.84. The number of ether oxygens (including phenoxy) is 3. The van der Waals surface area contributed by atoms with Gasteiger partial charge in [0.15, 0.2) is 11.5 Å². The minimum absolute atomic E-state index is 0.219. The molecule has 30 heavy (non-hydrogen) atoms. The molecule has 8 heteroatoms. The molecule has 0 saturated heterocycles. The largest absolute Gasteiger partial charge is 0.494 e. The number of aromatic nitrogens is 1. The van der Waals surface area contributed by atoms with Crippen molar-refractivity contribution >= 4 is 44.1 Å². The fourth-order valence-corrected chi connectivity index (χ4v) is 4.42. The fraction of sp³-hybridized carbons (Fsp3) is 0.182. The van der Waals surface area contributed by atoms with Crippen molar-refractivity contribution in [2.75, 3.05) is 19.1 Å². The van der Waals surface area contributed by atoms with Crippen LogP contribution in [0, 0.1) is 0 Å². The molecule has 1 amide bonds. The summed E-state index contributed by atoms with van der Waals surface area (Å²) in [4.78, 5) is 18.7. The van der Waals surface area contributed by atoms with E-state index in [0.29, 0.717) is 35.2 Å². The maximum atomic E-state index is 12.8. The van der Waals surface area contributed by atoms with E-state index in [-0.39, 0.29) is 12.7 Å². The molecule has 0 unspecified atom stereocenters. The molecule has 4 aromatic rings. The van der Waals surface area contributed by atoms with Crippen LogP contribution in [0.1, 0.15) is 22.2 Å². The van der Waals surface area contributed by atoms with Gasteiger partial charge in [0, 0.05) is 17.3 Å². The first kappa shape index (κ1) is 18.5. The van der Waals surface area contributed by atoms with Crippen LogP contribution in [0.4, 0.5) is 5.69 Å². The first-order valence-corrected chi connectivity index (χ1v) is 10.4. The van der Waals surface area contributed by atoms with Crippen LogP contribution in [0.25, 0.3) is 21.1 Å². The Hall–Kier alpha value is -3.52. The molecule has 0 atom stereocenters. The van der Waals surface area contributed by atoms with Crippen molar-refractivity contribution in [3.05, 3.63) is 52.9 Å². The summed E-state index contributed by atoms with van der Waals surface area (Å²) in [5.41, 5.74) is 8.50. The summed E-state index contributed by atoms with van der Waals surface area (Å²) in [5, 5.41) is 4.62. The second-order valence-corrected chi connectivity index (χ2v) is 7.84. The molecule has 2 aromatic heterocycles. The number of benzene rings is 2. The minimum atomic E-state index is -0.229. The molecule has 0 fully saturated rings. The summed E-state index contributed by atoms with van der Waals surface area (Å²) in [5.74, 6) is 1.95. The van der Waals surface area contributed by atoms with Gasteiger partial charge >= 0.3 is 0 Å². The zero-order chi connectivity index (χ0) is 20.7. The van der Waals surface area contributed by atoms with Gasteiger partial charge in [0.2, 0.25) is 6.79 Å². The van der Waals surface area contributed by atoms with Crippen LogP contribution >= 0.6 is 11.3 Å². The van der Waals surface area contributed by atoms with E-state index < -0.39 is 0 Å². The maximum Gasteiger partial charge on any atom is 0.263 e. The minimum Gasteiger partial charge on any atom is -0.494 e. The third-order valence-electron chi connectivity index (χ3n) is 4.89. The molecule has 0 bridgehead atoms. The summed E-state index contributed by atoms with van der Waals surface area (Å²) in [7, 11) is 0. The van der Waals surface area contributed by atoms with Crippen LogP contribution in [0.3, 0.4) is 0 Å². The van der Waals surface area contributed by atoms with Crippen LogP contribution < -0.4 is 25.3 Å². The third-order valence-corrected chi connectivity index (χ3v) is 6.01. The van der Waals surface area contributed by atoms with Gasteiger partial charge in [-0.1, -0.05) is 6.07 Å². The zero-order valence-corrected chi connectivity index (χ0v) is 17.0. The summed E-state index contributed by atoms with van der Waals surface area (Å²) < 4.78 is 16.3. The second kappa shape index (κ2) is 7.38. The monoisotopic (exact) mass is 421 g/mol. The van der Waals surface area contributed by atoms with E-state index in [1.807, 2.05) is 49.4 Å². The predicted octanol–water partition coefficient (Wildman–Crippen LogP) is 4.09. The SMILES string of the molecule is CCOc1ccc2nc3sc(C(=O)NCc4ccc5c(c4)OCO5)c(N)c3cc2c1. The number of nitrogen functional groups attached to an aromatic ring is 1. The number of nitrogens with two attached hydrogens (primary N) is 1. The molecular formula is C22H19N3O4S. The number of pyridine rings is 1. The topological polar surface area (TPSA) is 95.7 Å². The highest BCUT2D eigenvalue weighted by Crippen LogP contribution is 2.36. The van der Waals surface area contributed by atoms with Gasteiger partial charge in [-0.25, -0.2) is 4.98 Å². The Kier molecular flexibility index (Phi) is 4.55. The summed E-state index contributed by atoms with van der Waals surface area (Å²) >= 11 is 1.29. The van der Waals surface area contributed by atoms with Crippen LogP contribution in [0.2, 0.25) is 0 Å². The van der Waals surface area contributed by atoms with Gasteiger partial charge in [-0.2, -0.15) is 0 Å². The Bertz CT molecular complexity index is 1280. The molecule has 3 N–H and O–H groups in total. The normalized spacial score (nSPS) is 12.4. The van der Waals surface area contributed by atoms with Gasteiger partial charge in [-0.3, -0.25) is 4.79 Å². The van der Waals surface area contributed by atoms with Gasteiger partial charge in [-0.05, 0) is 48.9 Å². The first-order valence-electron chi connectivity index (χ1n) is 9.54. The number of anilines is 1. The van der Waals surface area contributed by atoms with E-state index in [1.54, 1.807) is 0 Å². The van der Waals surface area contributed by atoms with Crippen molar-refractivity contribution in [1.29, 1.82) is 0 Å². The highest BCUT2D eigenvalue weighted by atomic mass is 32.1. The number of carbonyl (C=O) groups excluding carboxylic acids is 1. The number of fused-ring (bicyclic) bond motifs is 3. The molecule has 0 saturated carbocycles. The summed E-state index contributed by atoms with van der Waals surface area (Å²) in [6.07, 6.45) is 0. The Morgan fingerprint density at radius 1 is 1.20 bits per heavy atom. The zero-order valence-electron chi connectivity index (χ0n) is 16.2. The average Bonchev–Trinajstić information content (AvgIpc) is 3.35. The lowest BCUT2D eigenvalue weighted by Crippen LogP contribution is -2.22. The first-order chi connectivity index (χ1) is 14.6. The number of thiophene rings is 1. The van der Waals surface area contributed by atoms with E-state index in [9.17, 15) is 4.79 Å². The number of nitrogens with zero attached hydrogens (tertiary/aromatic N) is 1. The smallest absolute Gasteiger partial charge is 0.263 e. The third kappa shape index (κ3) is 3.25. The summed E-state index contributed by atoms with van der Waals surface area (Å²) in [6, 6.07) is 13.3. The Morgan fingerprint density at radius 3 is 2.93 bits per heavy atom. The Labute approximate surface area is 176 Å². The molecule has 0 radical (unpaired) electrons. The van der Waals surface area contributed by atoms with Gasteiger partial charge in [-0.15, -0.1) is 11.3 Å². The molecule has 2 aromatic carbocycles. The molecule has 152 valence electrons. The standard InChI is InChI=1S/C22H19N3O4S/c1-2-27-14-4-5-16-13(8-14)9-15-19(23)20(30-22(15)25-16)21(26)24-10-12-3-6-17-18(7-12)29-11-28-17/h3-9H,2,10-11,23H2,1H3,(H,24,26). The van der Waals surface area contributed by atoms with Crippen molar-refractivity contribution in [2.24, 2.45) is 0 Å². The number of nitrogens with one attached hydrogen (secondary N) is 1. The maximum absolute atomic E-state index is 12.8. The van der Waals surface area contributed by atoms with Gasteiger partial charge < -0.3 is 25.3 Å². The lowest BCUT2D eigenvalue weighted by Gasteiger charge is -2.06. The van der Waals surface area contributed by atoms with E-state index in [1.165, 1.54) is 11.3 Å². The van der Waals surface area contributed by atoms with Gasteiger partial charge in [0.1, 0.15) is 15.5 Å². The molecular weight excluding hydrogens is 402 g/mol. The highest BCUT2D eigenvalue weighted by molar-refractivity contribution is 7.21. The van der Waals surface area contributed by atoms with E-state index in [2.05, 4.69) is 10.3 Å².